The summed E-state index contributed by atoms with van der Waals surface area (Å²) in [6.07, 6.45) is 0. The van der Waals surface area contributed by atoms with Crippen LogP contribution in [0.2, 0.25) is 0 Å². The maximum absolute atomic E-state index is 12.9. The van der Waals surface area contributed by atoms with Crippen LogP contribution in [0.3, 0.4) is 0 Å². The van der Waals surface area contributed by atoms with E-state index in [4.69, 9.17) is 0 Å². The fourth-order valence-electron chi connectivity index (χ4n) is 3.03. The lowest BCUT2D eigenvalue weighted by atomic mass is 10.1. The number of rotatable bonds is 7. The van der Waals surface area contributed by atoms with Crippen molar-refractivity contribution in [3.8, 4) is 0 Å². The smallest absolute Gasteiger partial charge is 0.261 e. The van der Waals surface area contributed by atoms with E-state index in [1.807, 2.05) is 19.1 Å². The van der Waals surface area contributed by atoms with Gasteiger partial charge in [-0.3, -0.25) is 14.3 Å². The number of anilines is 3. The molecular weight excluding hydrogens is 438 g/mol. The van der Waals surface area contributed by atoms with Gasteiger partial charge in [-0.25, -0.2) is 8.42 Å². The lowest BCUT2D eigenvalue weighted by Gasteiger charge is -2.13. The minimum Gasteiger partial charge on any atom is -0.326 e. The van der Waals surface area contributed by atoms with Gasteiger partial charge in [0.1, 0.15) is 0 Å². The number of amides is 2. The maximum atomic E-state index is 12.9. The quantitative estimate of drug-likeness (QED) is 0.459. The summed E-state index contributed by atoms with van der Waals surface area (Å²) >= 11 is 0. The van der Waals surface area contributed by atoms with E-state index < -0.39 is 15.9 Å². The molecule has 0 bridgehead atoms. The molecule has 0 aromatic heterocycles. The summed E-state index contributed by atoms with van der Waals surface area (Å²) in [5, 5.41) is 5.56. The number of carbonyl (C=O) groups is 2. The number of sulfonamides is 1. The van der Waals surface area contributed by atoms with Gasteiger partial charge in [-0.05, 0) is 67.4 Å². The minimum absolute atomic E-state index is 0.00625. The van der Waals surface area contributed by atoms with Crippen LogP contribution in [0, 0.1) is 19.8 Å². The molecule has 0 aliphatic heterocycles. The molecule has 0 aliphatic rings. The Balaban J connectivity index is 1.78. The second-order valence-electron chi connectivity index (χ2n) is 8.07. The zero-order valence-corrected chi connectivity index (χ0v) is 19.8. The fourth-order valence-corrected chi connectivity index (χ4v) is 4.18. The third kappa shape index (κ3) is 5.98. The molecule has 3 aromatic rings. The van der Waals surface area contributed by atoms with Crippen LogP contribution in [-0.4, -0.2) is 20.2 Å². The number of para-hydroxylation sites is 1. The van der Waals surface area contributed by atoms with E-state index in [1.165, 1.54) is 12.1 Å². The van der Waals surface area contributed by atoms with Crippen molar-refractivity contribution in [3.63, 3.8) is 0 Å². The predicted molar refractivity (Wildman–Crippen MR) is 131 cm³/mol. The van der Waals surface area contributed by atoms with Gasteiger partial charge < -0.3 is 10.6 Å². The van der Waals surface area contributed by atoms with Crippen molar-refractivity contribution in [1.82, 2.24) is 0 Å². The first-order valence-corrected chi connectivity index (χ1v) is 12.0. The van der Waals surface area contributed by atoms with Crippen LogP contribution in [0.1, 0.15) is 35.3 Å². The van der Waals surface area contributed by atoms with Gasteiger partial charge in [0.2, 0.25) is 5.91 Å². The van der Waals surface area contributed by atoms with Crippen molar-refractivity contribution < 1.29 is 18.0 Å². The monoisotopic (exact) mass is 465 g/mol. The van der Waals surface area contributed by atoms with E-state index >= 15 is 0 Å². The van der Waals surface area contributed by atoms with Crippen molar-refractivity contribution in [2.45, 2.75) is 32.6 Å². The molecule has 0 saturated carbocycles. The number of aryl methyl sites for hydroxylation is 2. The van der Waals surface area contributed by atoms with Crippen molar-refractivity contribution in [2.24, 2.45) is 5.92 Å². The van der Waals surface area contributed by atoms with Crippen LogP contribution in [-0.2, 0) is 14.8 Å². The van der Waals surface area contributed by atoms with Gasteiger partial charge in [-0.15, -0.1) is 0 Å². The summed E-state index contributed by atoms with van der Waals surface area (Å²) in [5.41, 5.74) is 3.31. The van der Waals surface area contributed by atoms with Gasteiger partial charge in [0.05, 0.1) is 10.6 Å². The van der Waals surface area contributed by atoms with Crippen molar-refractivity contribution in [1.29, 1.82) is 0 Å². The molecule has 0 saturated heterocycles. The Morgan fingerprint density at radius 3 is 2.00 bits per heavy atom. The lowest BCUT2D eigenvalue weighted by molar-refractivity contribution is -0.118. The van der Waals surface area contributed by atoms with Gasteiger partial charge in [0.25, 0.3) is 15.9 Å². The summed E-state index contributed by atoms with van der Waals surface area (Å²) < 4.78 is 28.4. The van der Waals surface area contributed by atoms with E-state index in [1.54, 1.807) is 63.2 Å². The van der Waals surface area contributed by atoms with Crippen molar-refractivity contribution >= 4 is 38.9 Å². The molecule has 33 heavy (non-hydrogen) atoms. The Kier molecular flexibility index (Phi) is 7.18. The van der Waals surface area contributed by atoms with Crippen LogP contribution in [0.5, 0.6) is 0 Å². The number of hydrogen-bond acceptors (Lipinski definition) is 4. The third-order valence-corrected chi connectivity index (χ3v) is 6.45. The Hall–Kier alpha value is -3.65. The van der Waals surface area contributed by atoms with Gasteiger partial charge in [0, 0.05) is 22.9 Å². The normalized spacial score (nSPS) is 11.2. The summed E-state index contributed by atoms with van der Waals surface area (Å²) in [6, 6.07) is 18.2. The molecule has 3 rings (SSSR count). The SMILES string of the molecule is Cc1ccccc1NS(=O)(=O)c1ccc(C)c(C(=O)Nc2ccc(NC(=O)C(C)C)cc2)c1. The summed E-state index contributed by atoms with van der Waals surface area (Å²) in [6.45, 7) is 7.16. The highest BCUT2D eigenvalue weighted by Gasteiger charge is 2.19. The van der Waals surface area contributed by atoms with E-state index in [0.29, 0.717) is 22.6 Å². The number of nitrogens with one attached hydrogen (secondary N) is 3. The molecule has 0 unspecified atom stereocenters. The molecule has 8 heteroatoms. The average molecular weight is 466 g/mol. The van der Waals surface area contributed by atoms with Crippen molar-refractivity contribution in [2.75, 3.05) is 15.4 Å². The van der Waals surface area contributed by atoms with Gasteiger partial charge in [0.15, 0.2) is 0 Å². The molecule has 0 aliphatic carbocycles. The highest BCUT2D eigenvalue weighted by Crippen LogP contribution is 2.22. The second-order valence-corrected chi connectivity index (χ2v) is 9.75. The van der Waals surface area contributed by atoms with Gasteiger partial charge in [-0.2, -0.15) is 0 Å². The number of carbonyl (C=O) groups excluding carboxylic acids is 2. The van der Waals surface area contributed by atoms with Crippen LogP contribution in [0.15, 0.2) is 71.6 Å². The lowest BCUT2D eigenvalue weighted by Crippen LogP contribution is -2.18. The van der Waals surface area contributed by atoms with Crippen LogP contribution in [0.25, 0.3) is 0 Å². The van der Waals surface area contributed by atoms with Crippen molar-refractivity contribution in [3.05, 3.63) is 83.4 Å². The Labute approximate surface area is 194 Å². The highest BCUT2D eigenvalue weighted by atomic mass is 32.2. The third-order valence-electron chi connectivity index (χ3n) is 5.09. The highest BCUT2D eigenvalue weighted by molar-refractivity contribution is 7.92. The molecule has 0 atom stereocenters. The second kappa shape index (κ2) is 9.87. The fraction of sp³-hybridized carbons (Fsp3) is 0.200. The largest absolute Gasteiger partial charge is 0.326 e. The van der Waals surface area contributed by atoms with Gasteiger partial charge >= 0.3 is 0 Å². The minimum atomic E-state index is -3.88. The molecular formula is C25H27N3O4S. The molecule has 3 aromatic carbocycles. The summed E-state index contributed by atoms with van der Waals surface area (Å²) in [7, 11) is -3.88. The Bertz CT molecular complexity index is 1280. The molecule has 2 amide bonds. The topological polar surface area (TPSA) is 104 Å². The van der Waals surface area contributed by atoms with Crippen LogP contribution in [0.4, 0.5) is 17.1 Å². The molecule has 0 radical (unpaired) electrons. The first kappa shape index (κ1) is 24.0. The summed E-state index contributed by atoms with van der Waals surface area (Å²) in [4.78, 5) is 24.7. The summed E-state index contributed by atoms with van der Waals surface area (Å²) in [5.74, 6) is -0.671. The number of benzene rings is 3. The molecule has 7 nitrogen and oxygen atoms in total. The van der Waals surface area contributed by atoms with Crippen LogP contribution < -0.4 is 15.4 Å². The van der Waals surface area contributed by atoms with Crippen LogP contribution >= 0.6 is 0 Å². The molecule has 3 N–H and O–H groups in total. The standard InChI is InChI=1S/C25H27N3O4S/c1-16(2)24(29)26-19-10-12-20(13-11-19)27-25(30)22-15-21(14-9-17(22)3)33(31,32)28-23-8-6-5-7-18(23)4/h5-16,28H,1-4H3,(H,26,29)(H,27,30). The first-order chi connectivity index (χ1) is 15.6. The first-order valence-electron chi connectivity index (χ1n) is 10.5. The Morgan fingerprint density at radius 1 is 0.788 bits per heavy atom. The number of hydrogen-bond donors (Lipinski definition) is 3. The van der Waals surface area contributed by atoms with E-state index in [2.05, 4.69) is 15.4 Å². The molecule has 0 fully saturated rings. The zero-order chi connectivity index (χ0) is 24.2. The van der Waals surface area contributed by atoms with E-state index in [9.17, 15) is 18.0 Å². The zero-order valence-electron chi connectivity index (χ0n) is 19.0. The molecule has 0 heterocycles. The maximum Gasteiger partial charge on any atom is 0.261 e. The molecule has 0 spiro atoms. The van der Waals surface area contributed by atoms with E-state index in [-0.39, 0.29) is 22.3 Å². The average Bonchev–Trinajstić information content (AvgIpc) is 2.76. The Morgan fingerprint density at radius 2 is 1.39 bits per heavy atom. The van der Waals surface area contributed by atoms with Gasteiger partial charge in [-0.1, -0.05) is 38.1 Å². The van der Waals surface area contributed by atoms with E-state index in [0.717, 1.165) is 5.56 Å². The molecule has 172 valence electrons. The predicted octanol–water partition coefficient (Wildman–Crippen LogP) is 4.95.